The Kier molecular flexibility index (Phi) is 6.04. The van der Waals surface area contributed by atoms with Crippen LogP contribution in [0, 0.1) is 6.92 Å². The molecule has 31 heavy (non-hydrogen) atoms. The van der Waals surface area contributed by atoms with Crippen LogP contribution in [-0.2, 0) is 16.0 Å². The van der Waals surface area contributed by atoms with Crippen LogP contribution in [0.15, 0.2) is 64.1 Å². The molecular weight excluding hydrogens is 414 g/mol. The van der Waals surface area contributed by atoms with E-state index in [1.54, 1.807) is 0 Å². The molecule has 0 radical (unpaired) electrons. The number of rotatable bonds is 8. The third-order valence-electron chi connectivity index (χ3n) is 4.83. The van der Waals surface area contributed by atoms with E-state index >= 15 is 0 Å². The van der Waals surface area contributed by atoms with Crippen molar-refractivity contribution in [2.24, 2.45) is 0 Å². The molecule has 0 amide bonds. The summed E-state index contributed by atoms with van der Waals surface area (Å²) in [6, 6.07) is 15.4. The number of hydrogen-bond acceptors (Lipinski definition) is 6. The molecule has 158 valence electrons. The Labute approximate surface area is 183 Å². The Bertz CT molecular complexity index is 1240. The van der Waals surface area contributed by atoms with E-state index in [2.05, 4.69) is 4.98 Å². The summed E-state index contributed by atoms with van der Waals surface area (Å²) in [5.74, 6) is 0.915. The van der Waals surface area contributed by atoms with Gasteiger partial charge in [0, 0.05) is 22.1 Å². The van der Waals surface area contributed by atoms with Crippen molar-refractivity contribution in [3.63, 3.8) is 0 Å². The minimum atomic E-state index is -1.11. The summed E-state index contributed by atoms with van der Waals surface area (Å²) in [4.78, 5) is 15.9. The minimum Gasteiger partial charge on any atom is -0.493 e. The molecule has 0 bridgehead atoms. The summed E-state index contributed by atoms with van der Waals surface area (Å²) in [5, 5.41) is 12.1. The summed E-state index contributed by atoms with van der Waals surface area (Å²) < 4.78 is 17.7. The summed E-state index contributed by atoms with van der Waals surface area (Å²) in [6.45, 7) is 2.35. The summed E-state index contributed by atoms with van der Waals surface area (Å²) in [7, 11) is 1.35. The van der Waals surface area contributed by atoms with Crippen LogP contribution in [0.2, 0.25) is 0 Å². The number of aliphatic carboxylic acids is 1. The normalized spacial score (nSPS) is 11.6. The molecule has 1 N–H and O–H groups in total. The molecule has 0 saturated carbocycles. The van der Waals surface area contributed by atoms with Crippen LogP contribution in [0.1, 0.15) is 17.0 Å². The third kappa shape index (κ3) is 4.46. The number of oxazole rings is 1. The SMILES string of the molecule is COC(=Cc1ccc(OCCc2nc(-c3ccccc3)oc2C)c2ccsc12)C(=O)O. The van der Waals surface area contributed by atoms with Crippen LogP contribution < -0.4 is 4.74 Å². The van der Waals surface area contributed by atoms with Gasteiger partial charge in [-0.05, 0) is 54.3 Å². The second kappa shape index (κ2) is 9.06. The van der Waals surface area contributed by atoms with E-state index in [1.807, 2.05) is 60.8 Å². The molecule has 0 aliphatic heterocycles. The van der Waals surface area contributed by atoms with Crippen molar-refractivity contribution in [3.05, 3.63) is 76.7 Å². The van der Waals surface area contributed by atoms with E-state index in [9.17, 15) is 9.90 Å². The largest absolute Gasteiger partial charge is 0.493 e. The predicted molar refractivity (Wildman–Crippen MR) is 120 cm³/mol. The predicted octanol–water partition coefficient (Wildman–Crippen LogP) is 5.56. The lowest BCUT2D eigenvalue weighted by Crippen LogP contribution is -2.03. The zero-order valence-electron chi connectivity index (χ0n) is 17.1. The van der Waals surface area contributed by atoms with E-state index in [0.717, 1.165) is 38.4 Å². The number of methoxy groups -OCH3 is 1. The lowest BCUT2D eigenvalue weighted by atomic mass is 10.1. The Morgan fingerprint density at radius 3 is 2.74 bits per heavy atom. The average Bonchev–Trinajstić information content (AvgIpc) is 3.41. The monoisotopic (exact) mass is 435 g/mol. The van der Waals surface area contributed by atoms with Crippen molar-refractivity contribution in [1.82, 2.24) is 4.98 Å². The van der Waals surface area contributed by atoms with Crippen LogP contribution in [0.5, 0.6) is 5.75 Å². The number of benzene rings is 2. The molecule has 4 rings (SSSR count). The quantitative estimate of drug-likeness (QED) is 0.288. The highest BCUT2D eigenvalue weighted by Gasteiger charge is 2.14. The lowest BCUT2D eigenvalue weighted by molar-refractivity contribution is -0.135. The van der Waals surface area contributed by atoms with Crippen molar-refractivity contribution >= 4 is 33.5 Å². The highest BCUT2D eigenvalue weighted by molar-refractivity contribution is 7.17. The maximum Gasteiger partial charge on any atom is 0.371 e. The topological polar surface area (TPSA) is 81.8 Å². The zero-order valence-corrected chi connectivity index (χ0v) is 17.9. The van der Waals surface area contributed by atoms with E-state index in [0.29, 0.717) is 18.9 Å². The molecule has 0 spiro atoms. The first-order valence-electron chi connectivity index (χ1n) is 9.70. The molecule has 0 aliphatic carbocycles. The number of carboxylic acids is 1. The standard InChI is InChI=1S/C24H21NO5S/c1-15-19(25-23(30-15)16-6-4-3-5-7-16)10-12-29-20-9-8-17(14-21(28-2)24(26)27)22-18(20)11-13-31-22/h3-9,11,13-14H,10,12H2,1-2H3,(H,26,27). The Balaban J connectivity index is 1.50. The molecule has 0 atom stereocenters. The molecule has 0 saturated heterocycles. The first-order valence-corrected chi connectivity index (χ1v) is 10.6. The summed E-state index contributed by atoms with van der Waals surface area (Å²) in [5.41, 5.74) is 2.58. The van der Waals surface area contributed by atoms with Crippen LogP contribution >= 0.6 is 11.3 Å². The van der Waals surface area contributed by atoms with Gasteiger partial charge in [-0.1, -0.05) is 18.2 Å². The molecule has 0 unspecified atom stereocenters. The second-order valence-electron chi connectivity index (χ2n) is 6.82. The zero-order chi connectivity index (χ0) is 21.8. The number of fused-ring (bicyclic) bond motifs is 1. The molecular formula is C24H21NO5S. The maximum absolute atomic E-state index is 11.2. The van der Waals surface area contributed by atoms with Gasteiger partial charge in [0.25, 0.3) is 0 Å². The van der Waals surface area contributed by atoms with E-state index in [-0.39, 0.29) is 5.76 Å². The summed E-state index contributed by atoms with van der Waals surface area (Å²) >= 11 is 1.53. The summed E-state index contributed by atoms with van der Waals surface area (Å²) in [6.07, 6.45) is 2.14. The van der Waals surface area contributed by atoms with Gasteiger partial charge in [-0.3, -0.25) is 0 Å². The van der Waals surface area contributed by atoms with Gasteiger partial charge in [0.1, 0.15) is 11.5 Å². The number of aromatic nitrogens is 1. The lowest BCUT2D eigenvalue weighted by Gasteiger charge is -2.09. The van der Waals surface area contributed by atoms with Crippen LogP contribution in [-0.4, -0.2) is 29.8 Å². The molecule has 0 fully saturated rings. The van der Waals surface area contributed by atoms with Crippen LogP contribution in [0.3, 0.4) is 0 Å². The number of hydrogen-bond donors (Lipinski definition) is 1. The minimum absolute atomic E-state index is 0.112. The average molecular weight is 436 g/mol. The van der Waals surface area contributed by atoms with Crippen molar-refractivity contribution in [2.75, 3.05) is 13.7 Å². The van der Waals surface area contributed by atoms with Crippen molar-refractivity contribution in [1.29, 1.82) is 0 Å². The smallest absolute Gasteiger partial charge is 0.371 e. The molecule has 4 aromatic rings. The molecule has 6 nitrogen and oxygen atoms in total. The van der Waals surface area contributed by atoms with Crippen LogP contribution in [0.25, 0.3) is 27.6 Å². The van der Waals surface area contributed by atoms with Crippen molar-refractivity contribution in [2.45, 2.75) is 13.3 Å². The third-order valence-corrected chi connectivity index (χ3v) is 5.80. The number of aryl methyl sites for hydroxylation is 1. The first-order chi connectivity index (χ1) is 15.1. The number of carboxylic acid groups (broad SMARTS) is 1. The number of nitrogens with zero attached hydrogens (tertiary/aromatic N) is 1. The van der Waals surface area contributed by atoms with E-state index in [1.165, 1.54) is 24.5 Å². The van der Waals surface area contributed by atoms with Gasteiger partial charge in [0.05, 0.1) is 19.4 Å². The fourth-order valence-electron chi connectivity index (χ4n) is 3.27. The molecule has 2 aromatic carbocycles. The molecule has 7 heteroatoms. The maximum atomic E-state index is 11.2. The van der Waals surface area contributed by atoms with Gasteiger partial charge >= 0.3 is 5.97 Å². The fourth-order valence-corrected chi connectivity index (χ4v) is 4.17. The second-order valence-corrected chi connectivity index (χ2v) is 7.74. The van der Waals surface area contributed by atoms with E-state index < -0.39 is 5.97 Å². The Morgan fingerprint density at radius 2 is 2.00 bits per heavy atom. The number of ether oxygens (including phenoxy) is 2. The number of thiophene rings is 1. The van der Waals surface area contributed by atoms with Crippen molar-refractivity contribution < 1.29 is 23.8 Å². The molecule has 2 aromatic heterocycles. The van der Waals surface area contributed by atoms with Gasteiger partial charge in [-0.15, -0.1) is 11.3 Å². The van der Waals surface area contributed by atoms with Crippen LogP contribution in [0.4, 0.5) is 0 Å². The van der Waals surface area contributed by atoms with Gasteiger partial charge < -0.3 is 19.0 Å². The van der Waals surface area contributed by atoms with Gasteiger partial charge in [0.2, 0.25) is 11.6 Å². The van der Waals surface area contributed by atoms with Gasteiger partial charge in [-0.2, -0.15) is 0 Å². The highest BCUT2D eigenvalue weighted by atomic mass is 32.1. The Hall–Kier alpha value is -3.58. The first kappa shape index (κ1) is 20.7. The molecule has 0 aliphatic rings. The number of carbonyl (C=O) groups is 1. The van der Waals surface area contributed by atoms with Crippen molar-refractivity contribution in [3.8, 4) is 17.2 Å². The highest BCUT2D eigenvalue weighted by Crippen LogP contribution is 2.34. The van der Waals surface area contributed by atoms with Gasteiger partial charge in [0.15, 0.2) is 0 Å². The Morgan fingerprint density at radius 1 is 1.19 bits per heavy atom. The van der Waals surface area contributed by atoms with E-state index in [4.69, 9.17) is 13.9 Å². The fraction of sp³-hybridized carbons (Fsp3) is 0.167. The van der Waals surface area contributed by atoms with Gasteiger partial charge in [-0.25, -0.2) is 9.78 Å². The molecule has 2 heterocycles.